The number of methoxy groups -OCH3 is 1. The minimum atomic E-state index is -0.0958. The molecule has 0 aromatic heterocycles. The number of carbonyl (C=O) groups is 1. The first kappa shape index (κ1) is 8.75. The minimum absolute atomic E-state index is 0.0475. The van der Waals surface area contributed by atoms with Gasteiger partial charge in [-0.3, -0.25) is 9.69 Å². The minimum Gasteiger partial charge on any atom is -0.468 e. The Kier molecular flexibility index (Phi) is 2.12. The first-order valence-electron chi connectivity index (χ1n) is 4.68. The third-order valence-electron chi connectivity index (χ3n) is 3.15. The summed E-state index contributed by atoms with van der Waals surface area (Å²) < 4.78 is 4.80. The molecule has 0 aromatic rings. The second-order valence-electron chi connectivity index (χ2n) is 3.91. The lowest BCUT2D eigenvalue weighted by atomic mass is 9.94. The standard InChI is InChI=1S/C10H15NO2/c1-11-6-7-4-3-5-8(7)9(11)10(12)13-2/h3,5,7-9H,4,6H2,1-2H3/t7-,8-,9+/m1/s1. The molecule has 2 rings (SSSR count). The van der Waals surface area contributed by atoms with Gasteiger partial charge in [0.05, 0.1) is 7.11 Å². The van der Waals surface area contributed by atoms with Crippen molar-refractivity contribution in [2.24, 2.45) is 11.8 Å². The van der Waals surface area contributed by atoms with Gasteiger partial charge in [0.2, 0.25) is 0 Å². The zero-order chi connectivity index (χ0) is 9.42. The van der Waals surface area contributed by atoms with Crippen molar-refractivity contribution in [3.63, 3.8) is 0 Å². The van der Waals surface area contributed by atoms with Gasteiger partial charge in [0, 0.05) is 12.5 Å². The Morgan fingerprint density at radius 3 is 3.08 bits per heavy atom. The molecule has 0 bridgehead atoms. The molecule has 0 radical (unpaired) electrons. The van der Waals surface area contributed by atoms with E-state index in [1.165, 1.54) is 7.11 Å². The molecule has 1 heterocycles. The molecule has 1 aliphatic carbocycles. The van der Waals surface area contributed by atoms with Crippen LogP contribution in [0.2, 0.25) is 0 Å². The quantitative estimate of drug-likeness (QED) is 0.440. The maximum Gasteiger partial charge on any atom is 0.323 e. The second kappa shape index (κ2) is 3.14. The fraction of sp³-hybridized carbons (Fsp3) is 0.700. The molecule has 0 spiro atoms. The van der Waals surface area contributed by atoms with Gasteiger partial charge in [-0.05, 0) is 19.4 Å². The van der Waals surface area contributed by atoms with E-state index in [2.05, 4.69) is 17.1 Å². The van der Waals surface area contributed by atoms with Crippen LogP contribution in [0.3, 0.4) is 0 Å². The summed E-state index contributed by atoms with van der Waals surface area (Å²) in [4.78, 5) is 13.6. The summed E-state index contributed by atoms with van der Waals surface area (Å²) in [6.07, 6.45) is 5.45. The Labute approximate surface area is 78.4 Å². The fourth-order valence-electron chi connectivity index (χ4n) is 2.52. The van der Waals surface area contributed by atoms with E-state index in [-0.39, 0.29) is 12.0 Å². The van der Waals surface area contributed by atoms with Crippen LogP contribution in [0.25, 0.3) is 0 Å². The van der Waals surface area contributed by atoms with Crippen molar-refractivity contribution in [3.05, 3.63) is 12.2 Å². The summed E-state index contributed by atoms with van der Waals surface area (Å²) in [7, 11) is 3.45. The fourth-order valence-corrected chi connectivity index (χ4v) is 2.52. The van der Waals surface area contributed by atoms with E-state index < -0.39 is 0 Å². The lowest BCUT2D eigenvalue weighted by molar-refractivity contribution is -0.146. The lowest BCUT2D eigenvalue weighted by Crippen LogP contribution is -2.37. The van der Waals surface area contributed by atoms with E-state index in [1.807, 2.05) is 7.05 Å². The van der Waals surface area contributed by atoms with E-state index in [4.69, 9.17) is 4.74 Å². The van der Waals surface area contributed by atoms with Crippen LogP contribution in [0.5, 0.6) is 0 Å². The predicted molar refractivity (Wildman–Crippen MR) is 49.2 cm³/mol. The third-order valence-corrected chi connectivity index (χ3v) is 3.15. The van der Waals surface area contributed by atoms with Crippen molar-refractivity contribution < 1.29 is 9.53 Å². The number of rotatable bonds is 1. The highest BCUT2D eigenvalue weighted by Gasteiger charge is 2.44. The highest BCUT2D eigenvalue weighted by atomic mass is 16.5. The van der Waals surface area contributed by atoms with Crippen molar-refractivity contribution in [3.8, 4) is 0 Å². The molecule has 72 valence electrons. The maximum atomic E-state index is 11.5. The van der Waals surface area contributed by atoms with Crippen molar-refractivity contribution in [2.45, 2.75) is 12.5 Å². The zero-order valence-electron chi connectivity index (χ0n) is 8.06. The third kappa shape index (κ3) is 1.27. The molecule has 2 aliphatic rings. The molecule has 1 fully saturated rings. The number of nitrogens with zero attached hydrogens (tertiary/aromatic N) is 1. The van der Waals surface area contributed by atoms with Gasteiger partial charge in [-0.1, -0.05) is 12.2 Å². The summed E-state index contributed by atoms with van der Waals surface area (Å²) in [6, 6.07) is -0.0475. The Morgan fingerprint density at radius 2 is 2.38 bits per heavy atom. The van der Waals surface area contributed by atoms with Crippen molar-refractivity contribution in [1.82, 2.24) is 4.90 Å². The Bertz CT molecular complexity index is 249. The molecule has 0 amide bonds. The second-order valence-corrected chi connectivity index (χ2v) is 3.91. The molecule has 1 saturated heterocycles. The molecule has 3 nitrogen and oxygen atoms in total. The number of ether oxygens (including phenoxy) is 1. The Hall–Kier alpha value is -0.830. The highest BCUT2D eigenvalue weighted by molar-refractivity contribution is 5.77. The maximum absolute atomic E-state index is 11.5. The van der Waals surface area contributed by atoms with Gasteiger partial charge in [0.1, 0.15) is 6.04 Å². The van der Waals surface area contributed by atoms with Gasteiger partial charge < -0.3 is 4.74 Å². The summed E-state index contributed by atoms with van der Waals surface area (Å²) in [5.74, 6) is 0.924. The SMILES string of the molecule is COC(=O)[C@@H]1[C@@H]2C=CC[C@@H]2CN1C. The van der Waals surface area contributed by atoms with E-state index in [1.54, 1.807) is 0 Å². The summed E-state index contributed by atoms with van der Waals surface area (Å²) in [6.45, 7) is 1.01. The predicted octanol–water partition coefficient (Wildman–Crippen LogP) is 0.666. The van der Waals surface area contributed by atoms with Gasteiger partial charge in [-0.25, -0.2) is 0 Å². The number of carbonyl (C=O) groups excluding carboxylic acids is 1. The van der Waals surface area contributed by atoms with Crippen LogP contribution >= 0.6 is 0 Å². The molecule has 3 heteroatoms. The number of esters is 1. The van der Waals surface area contributed by atoms with Crippen LogP contribution in [0.15, 0.2) is 12.2 Å². The summed E-state index contributed by atoms with van der Waals surface area (Å²) in [5, 5.41) is 0. The van der Waals surface area contributed by atoms with E-state index in [0.717, 1.165) is 13.0 Å². The average Bonchev–Trinajstić information content (AvgIpc) is 2.62. The molecule has 0 unspecified atom stereocenters. The molecule has 3 atom stereocenters. The van der Waals surface area contributed by atoms with Gasteiger partial charge >= 0.3 is 5.97 Å². The molecule has 0 saturated carbocycles. The topological polar surface area (TPSA) is 29.5 Å². The van der Waals surface area contributed by atoms with Crippen LogP contribution in [0.1, 0.15) is 6.42 Å². The molecular weight excluding hydrogens is 166 g/mol. The Balaban J connectivity index is 2.16. The number of hydrogen-bond donors (Lipinski definition) is 0. The summed E-state index contributed by atoms with van der Waals surface area (Å²) in [5.41, 5.74) is 0. The number of fused-ring (bicyclic) bond motifs is 1. The highest BCUT2D eigenvalue weighted by Crippen LogP contribution is 2.37. The van der Waals surface area contributed by atoms with Crippen molar-refractivity contribution in [2.75, 3.05) is 20.7 Å². The van der Waals surface area contributed by atoms with E-state index >= 15 is 0 Å². The zero-order valence-corrected chi connectivity index (χ0v) is 8.06. The molecule has 13 heavy (non-hydrogen) atoms. The van der Waals surface area contributed by atoms with E-state index in [9.17, 15) is 4.79 Å². The van der Waals surface area contributed by atoms with Gasteiger partial charge in [-0.2, -0.15) is 0 Å². The lowest BCUT2D eigenvalue weighted by Gasteiger charge is -2.19. The molecule has 0 aromatic carbocycles. The summed E-state index contributed by atoms with van der Waals surface area (Å²) >= 11 is 0. The van der Waals surface area contributed by atoms with Crippen molar-refractivity contribution >= 4 is 5.97 Å². The first-order chi connectivity index (χ1) is 6.24. The number of hydrogen-bond acceptors (Lipinski definition) is 3. The van der Waals surface area contributed by atoms with Gasteiger partial charge in [0.15, 0.2) is 0 Å². The van der Waals surface area contributed by atoms with Crippen LogP contribution in [0, 0.1) is 11.8 Å². The van der Waals surface area contributed by atoms with E-state index in [0.29, 0.717) is 11.8 Å². The molecule has 1 aliphatic heterocycles. The van der Waals surface area contributed by atoms with Crippen LogP contribution in [-0.2, 0) is 9.53 Å². The largest absolute Gasteiger partial charge is 0.468 e. The van der Waals surface area contributed by atoms with Gasteiger partial charge in [0.25, 0.3) is 0 Å². The van der Waals surface area contributed by atoms with Crippen LogP contribution in [-0.4, -0.2) is 37.6 Å². The molecule has 0 N–H and O–H groups in total. The van der Waals surface area contributed by atoms with Crippen molar-refractivity contribution in [1.29, 1.82) is 0 Å². The van der Waals surface area contributed by atoms with Crippen LogP contribution in [0.4, 0.5) is 0 Å². The normalized spacial score (nSPS) is 37.8. The number of likely N-dealkylation sites (N-methyl/N-ethyl adjacent to an activating group) is 1. The van der Waals surface area contributed by atoms with Crippen LogP contribution < -0.4 is 0 Å². The monoisotopic (exact) mass is 181 g/mol. The number of allylic oxidation sites excluding steroid dienone is 1. The average molecular weight is 181 g/mol. The first-order valence-corrected chi connectivity index (χ1v) is 4.68. The van der Waals surface area contributed by atoms with Gasteiger partial charge in [-0.15, -0.1) is 0 Å². The molecular formula is C10H15NO2. The Morgan fingerprint density at radius 1 is 1.62 bits per heavy atom. The smallest absolute Gasteiger partial charge is 0.323 e. The number of likely N-dealkylation sites (tertiary alicyclic amines) is 1.